The average molecular weight is 148 g/mol. The van der Waals surface area contributed by atoms with Crippen LogP contribution in [-0.2, 0) is 4.74 Å². The largest absolute Gasteiger partial charge is 0.474 e. The third-order valence-electron chi connectivity index (χ3n) is 1.63. The molecule has 0 N–H and O–H groups in total. The van der Waals surface area contributed by atoms with Crippen molar-refractivity contribution in [2.45, 2.75) is 6.10 Å². The van der Waals surface area contributed by atoms with Gasteiger partial charge < -0.3 is 4.74 Å². The zero-order valence-corrected chi connectivity index (χ0v) is 5.97. The lowest BCUT2D eigenvalue weighted by atomic mass is 10.2. The molecule has 2 rings (SSSR count). The Labute approximate surface area is 64.7 Å². The minimum Gasteiger partial charge on any atom is -0.474 e. The molecule has 3 heteroatoms. The summed E-state index contributed by atoms with van der Waals surface area (Å²) in [6.07, 6.45) is 5.14. The predicted molar refractivity (Wildman–Crippen MR) is 41.4 cm³/mol. The molecule has 0 radical (unpaired) electrons. The third kappa shape index (κ3) is 1.22. The van der Waals surface area contributed by atoms with Crippen LogP contribution in [0.15, 0.2) is 29.5 Å². The Morgan fingerprint density at radius 2 is 2.55 bits per heavy atom. The third-order valence-corrected chi connectivity index (χ3v) is 1.63. The molecule has 1 aromatic rings. The number of nitrogens with zero attached hydrogens (tertiary/aromatic N) is 2. The van der Waals surface area contributed by atoms with Crippen LogP contribution >= 0.6 is 0 Å². The molecule has 0 saturated heterocycles. The molecule has 1 aliphatic heterocycles. The molecule has 0 spiro atoms. The number of ether oxygens (including phenoxy) is 1. The number of hydrogen-bond acceptors (Lipinski definition) is 3. The molecule has 1 aromatic heterocycles. The van der Waals surface area contributed by atoms with Gasteiger partial charge in [0.25, 0.3) is 0 Å². The van der Waals surface area contributed by atoms with Gasteiger partial charge in [-0.1, -0.05) is 6.07 Å². The molecule has 0 saturated carbocycles. The maximum atomic E-state index is 5.21. The molecule has 1 aliphatic rings. The van der Waals surface area contributed by atoms with Crippen LogP contribution < -0.4 is 0 Å². The highest BCUT2D eigenvalue weighted by Gasteiger charge is 2.14. The van der Waals surface area contributed by atoms with Gasteiger partial charge in [0.1, 0.15) is 6.10 Å². The Kier molecular flexibility index (Phi) is 1.55. The van der Waals surface area contributed by atoms with Crippen LogP contribution in [0.5, 0.6) is 0 Å². The van der Waals surface area contributed by atoms with Crippen molar-refractivity contribution in [1.82, 2.24) is 4.98 Å². The summed E-state index contributed by atoms with van der Waals surface area (Å²) in [6, 6.07) is 3.89. The lowest BCUT2D eigenvalue weighted by Gasteiger charge is -2.06. The summed E-state index contributed by atoms with van der Waals surface area (Å²) in [4.78, 5) is 7.96. The van der Waals surface area contributed by atoms with Crippen LogP contribution in [0.2, 0.25) is 0 Å². The molecule has 0 fully saturated rings. The van der Waals surface area contributed by atoms with E-state index in [-0.39, 0.29) is 6.10 Å². The van der Waals surface area contributed by atoms with Gasteiger partial charge in [-0.15, -0.1) is 0 Å². The summed E-state index contributed by atoms with van der Waals surface area (Å²) in [5.74, 6) is 0. The van der Waals surface area contributed by atoms with E-state index in [4.69, 9.17) is 4.74 Å². The van der Waals surface area contributed by atoms with Crippen LogP contribution in [0.25, 0.3) is 0 Å². The van der Waals surface area contributed by atoms with Gasteiger partial charge in [0.15, 0.2) is 6.40 Å². The minimum absolute atomic E-state index is 0.0868. The summed E-state index contributed by atoms with van der Waals surface area (Å²) in [5.41, 5.74) is 1.09. The molecule has 0 bridgehead atoms. The SMILES string of the molecule is C1=NC[C@@H](c2cccnc2)O1. The monoisotopic (exact) mass is 148 g/mol. The number of aliphatic imine (C=N–C) groups is 1. The molecule has 1 atom stereocenters. The lowest BCUT2D eigenvalue weighted by molar-refractivity contribution is 0.239. The second kappa shape index (κ2) is 2.70. The van der Waals surface area contributed by atoms with Crippen molar-refractivity contribution in [3.63, 3.8) is 0 Å². The topological polar surface area (TPSA) is 34.5 Å². The van der Waals surface area contributed by atoms with E-state index in [2.05, 4.69) is 9.98 Å². The maximum Gasteiger partial charge on any atom is 0.170 e. The molecule has 0 aromatic carbocycles. The molecular formula is C8H8N2O. The first-order chi connectivity index (χ1) is 5.47. The molecule has 11 heavy (non-hydrogen) atoms. The first kappa shape index (κ1) is 6.34. The lowest BCUT2D eigenvalue weighted by Crippen LogP contribution is -2.00. The van der Waals surface area contributed by atoms with E-state index in [1.54, 1.807) is 12.4 Å². The quantitative estimate of drug-likeness (QED) is 0.599. The summed E-state index contributed by atoms with van der Waals surface area (Å²) in [7, 11) is 0. The number of aromatic nitrogens is 1. The van der Waals surface area contributed by atoms with Gasteiger partial charge in [0.05, 0.1) is 6.54 Å². The van der Waals surface area contributed by atoms with E-state index in [1.165, 1.54) is 6.40 Å². The van der Waals surface area contributed by atoms with Gasteiger partial charge >= 0.3 is 0 Å². The Morgan fingerprint density at radius 1 is 1.55 bits per heavy atom. The summed E-state index contributed by atoms with van der Waals surface area (Å²) >= 11 is 0. The maximum absolute atomic E-state index is 5.21. The van der Waals surface area contributed by atoms with E-state index in [0.717, 1.165) is 5.56 Å². The molecule has 0 unspecified atom stereocenters. The first-order valence-electron chi connectivity index (χ1n) is 3.50. The molecule has 56 valence electrons. The smallest absolute Gasteiger partial charge is 0.170 e. The van der Waals surface area contributed by atoms with E-state index in [0.29, 0.717) is 6.54 Å². The van der Waals surface area contributed by atoms with Crippen LogP contribution in [0.4, 0.5) is 0 Å². The second-order valence-corrected chi connectivity index (χ2v) is 2.38. The van der Waals surface area contributed by atoms with E-state index >= 15 is 0 Å². The Balaban J connectivity index is 2.17. The van der Waals surface area contributed by atoms with Crippen molar-refractivity contribution in [2.24, 2.45) is 4.99 Å². The standard InChI is InChI=1S/C8H8N2O/c1-2-7(4-9-3-1)8-5-10-6-11-8/h1-4,6,8H,5H2/t8-/m0/s1. The van der Waals surface area contributed by atoms with Crippen molar-refractivity contribution < 1.29 is 4.74 Å². The molecule has 2 heterocycles. The summed E-state index contributed by atoms with van der Waals surface area (Å²) in [6.45, 7) is 0.714. The van der Waals surface area contributed by atoms with Crippen molar-refractivity contribution in [3.05, 3.63) is 30.1 Å². The number of hydrogen-bond donors (Lipinski definition) is 0. The molecule has 3 nitrogen and oxygen atoms in total. The van der Waals surface area contributed by atoms with E-state index in [9.17, 15) is 0 Å². The summed E-state index contributed by atoms with van der Waals surface area (Å²) < 4.78 is 5.21. The number of pyridine rings is 1. The van der Waals surface area contributed by atoms with Gasteiger partial charge in [0.2, 0.25) is 0 Å². The summed E-state index contributed by atoms with van der Waals surface area (Å²) in [5, 5.41) is 0. The zero-order valence-electron chi connectivity index (χ0n) is 5.97. The fraction of sp³-hybridized carbons (Fsp3) is 0.250. The second-order valence-electron chi connectivity index (χ2n) is 2.38. The van der Waals surface area contributed by atoms with Crippen molar-refractivity contribution in [1.29, 1.82) is 0 Å². The molecular weight excluding hydrogens is 140 g/mol. The van der Waals surface area contributed by atoms with Gasteiger partial charge in [-0.2, -0.15) is 0 Å². The van der Waals surface area contributed by atoms with Gasteiger partial charge in [-0.25, -0.2) is 0 Å². The highest BCUT2D eigenvalue weighted by molar-refractivity contribution is 5.49. The molecule has 0 amide bonds. The van der Waals surface area contributed by atoms with Crippen LogP contribution in [0, 0.1) is 0 Å². The van der Waals surface area contributed by atoms with Crippen LogP contribution in [0.3, 0.4) is 0 Å². The van der Waals surface area contributed by atoms with Gasteiger partial charge in [0, 0.05) is 18.0 Å². The van der Waals surface area contributed by atoms with E-state index in [1.807, 2.05) is 12.1 Å². The van der Waals surface area contributed by atoms with Crippen LogP contribution in [-0.4, -0.2) is 17.9 Å². The fourth-order valence-corrected chi connectivity index (χ4v) is 1.05. The highest BCUT2D eigenvalue weighted by atomic mass is 16.5. The van der Waals surface area contributed by atoms with Gasteiger partial charge in [-0.3, -0.25) is 9.98 Å². The highest BCUT2D eigenvalue weighted by Crippen LogP contribution is 2.18. The number of rotatable bonds is 1. The Bertz CT molecular complexity index is 250. The average Bonchev–Trinajstić information content (AvgIpc) is 2.58. The van der Waals surface area contributed by atoms with Crippen molar-refractivity contribution in [2.75, 3.05) is 6.54 Å². The Hall–Kier alpha value is -1.38. The zero-order chi connectivity index (χ0) is 7.52. The van der Waals surface area contributed by atoms with Crippen LogP contribution in [0.1, 0.15) is 11.7 Å². The van der Waals surface area contributed by atoms with E-state index < -0.39 is 0 Å². The minimum atomic E-state index is 0.0868. The predicted octanol–water partition coefficient (Wildman–Crippen LogP) is 1.18. The normalized spacial score (nSPS) is 21.6. The molecule has 0 aliphatic carbocycles. The van der Waals surface area contributed by atoms with Crippen molar-refractivity contribution >= 4 is 6.40 Å². The van der Waals surface area contributed by atoms with Crippen molar-refractivity contribution in [3.8, 4) is 0 Å². The van der Waals surface area contributed by atoms with Gasteiger partial charge in [-0.05, 0) is 6.07 Å². The Morgan fingerprint density at radius 3 is 3.18 bits per heavy atom. The first-order valence-corrected chi connectivity index (χ1v) is 3.50. The fourth-order valence-electron chi connectivity index (χ4n) is 1.05.